The summed E-state index contributed by atoms with van der Waals surface area (Å²) in [6.07, 6.45) is 26.1. The van der Waals surface area contributed by atoms with Crippen LogP contribution in [0.5, 0.6) is 0 Å². The predicted molar refractivity (Wildman–Crippen MR) is 142 cm³/mol. The van der Waals surface area contributed by atoms with Crippen LogP contribution in [0.1, 0.15) is 163 Å². The largest absolute Gasteiger partial charge is 0.743 e. The molecular formula is C28H59NO3S. The highest BCUT2D eigenvalue weighted by Gasteiger charge is 2.25. The molecule has 0 rings (SSSR count). The molecular weight excluding hydrogens is 430 g/mol. The lowest BCUT2D eigenvalue weighted by Crippen LogP contribution is -2.93. The van der Waals surface area contributed by atoms with Gasteiger partial charge in [-0.2, -0.15) is 0 Å². The highest BCUT2D eigenvalue weighted by molar-refractivity contribution is 7.86. The smallest absolute Gasteiger partial charge is 0.176 e. The van der Waals surface area contributed by atoms with E-state index in [9.17, 15) is 13.0 Å². The highest BCUT2D eigenvalue weighted by Crippen LogP contribution is 2.23. The van der Waals surface area contributed by atoms with Crippen molar-refractivity contribution in [2.75, 3.05) is 6.54 Å². The molecule has 0 heterocycles. The molecule has 0 radical (unpaired) electrons. The molecule has 4 nitrogen and oxygen atoms in total. The zero-order chi connectivity index (χ0) is 24.8. The van der Waals surface area contributed by atoms with Gasteiger partial charge >= 0.3 is 0 Å². The summed E-state index contributed by atoms with van der Waals surface area (Å²) in [6, 6.07) is 0. The van der Waals surface area contributed by atoms with Gasteiger partial charge in [-0.15, -0.1) is 0 Å². The fourth-order valence-corrected chi connectivity index (χ4v) is 5.47. The summed E-state index contributed by atoms with van der Waals surface area (Å²) in [7, 11) is -4.24. The van der Waals surface area contributed by atoms with Gasteiger partial charge in [0.2, 0.25) is 0 Å². The van der Waals surface area contributed by atoms with Crippen LogP contribution in [0.4, 0.5) is 0 Å². The molecule has 0 aromatic carbocycles. The van der Waals surface area contributed by atoms with Gasteiger partial charge in [0.1, 0.15) is 10.1 Å². The van der Waals surface area contributed by atoms with Crippen molar-refractivity contribution >= 4 is 10.1 Å². The zero-order valence-corrected chi connectivity index (χ0v) is 23.7. The Kier molecular flexibility index (Phi) is 21.1. The fourth-order valence-electron chi connectivity index (χ4n) is 4.68. The molecule has 0 aliphatic carbocycles. The Bertz CT molecular complexity index is 519. The number of hydrogen-bond donors (Lipinski definition) is 1. The third kappa shape index (κ3) is 22.1. The quantitative estimate of drug-likeness (QED) is 0.105. The number of hydrogen-bond acceptors (Lipinski definition) is 3. The van der Waals surface area contributed by atoms with Crippen LogP contribution in [-0.4, -0.2) is 24.9 Å². The van der Waals surface area contributed by atoms with E-state index in [0.717, 1.165) is 25.7 Å². The summed E-state index contributed by atoms with van der Waals surface area (Å²) in [6.45, 7) is 9.57. The maximum Gasteiger partial charge on any atom is 0.176 e. The molecule has 0 bridgehead atoms. The fraction of sp³-hybridized carbons (Fsp3) is 1.00. The maximum atomic E-state index is 11.7. The van der Waals surface area contributed by atoms with Gasteiger partial charge in [0.15, 0.2) is 5.37 Å². The van der Waals surface area contributed by atoms with Gasteiger partial charge in [-0.05, 0) is 12.8 Å². The van der Waals surface area contributed by atoms with Crippen LogP contribution < -0.4 is 5.32 Å². The molecule has 0 aromatic heterocycles. The van der Waals surface area contributed by atoms with E-state index in [1.807, 2.05) is 5.32 Å². The van der Waals surface area contributed by atoms with Crippen molar-refractivity contribution < 1.29 is 18.3 Å². The maximum absolute atomic E-state index is 11.7. The van der Waals surface area contributed by atoms with Gasteiger partial charge in [0.25, 0.3) is 0 Å². The lowest BCUT2D eigenvalue weighted by molar-refractivity contribution is -0.681. The van der Waals surface area contributed by atoms with Crippen LogP contribution in [0.25, 0.3) is 0 Å². The van der Waals surface area contributed by atoms with Gasteiger partial charge in [0, 0.05) is 11.8 Å². The highest BCUT2D eigenvalue weighted by atomic mass is 32.2. The van der Waals surface area contributed by atoms with E-state index in [1.54, 1.807) is 0 Å². The Morgan fingerprint density at radius 1 is 0.636 bits per heavy atom. The van der Waals surface area contributed by atoms with Crippen molar-refractivity contribution in [3.05, 3.63) is 0 Å². The monoisotopic (exact) mass is 489 g/mol. The van der Waals surface area contributed by atoms with Gasteiger partial charge in [0.05, 0.1) is 6.54 Å². The second-order valence-electron chi connectivity index (χ2n) is 11.2. The van der Waals surface area contributed by atoms with Gasteiger partial charge < -0.3 is 9.87 Å². The van der Waals surface area contributed by atoms with E-state index in [1.165, 1.54) is 103 Å². The molecule has 33 heavy (non-hydrogen) atoms. The Morgan fingerprint density at radius 3 is 1.39 bits per heavy atom. The van der Waals surface area contributed by atoms with E-state index in [4.69, 9.17) is 0 Å². The minimum Gasteiger partial charge on any atom is -0.743 e. The Labute approximate surface area is 208 Å². The van der Waals surface area contributed by atoms with Crippen molar-refractivity contribution in [3.8, 4) is 0 Å². The molecule has 0 aliphatic heterocycles. The van der Waals surface area contributed by atoms with E-state index in [0.29, 0.717) is 13.0 Å². The molecule has 1 atom stereocenters. The second-order valence-corrected chi connectivity index (χ2v) is 12.8. The first-order valence-electron chi connectivity index (χ1n) is 14.5. The van der Waals surface area contributed by atoms with Gasteiger partial charge in [-0.3, -0.25) is 0 Å². The van der Waals surface area contributed by atoms with Crippen molar-refractivity contribution in [1.29, 1.82) is 0 Å². The molecule has 0 spiro atoms. The lowest BCUT2D eigenvalue weighted by Gasteiger charge is -2.27. The minimum absolute atomic E-state index is 0.0717. The summed E-state index contributed by atoms with van der Waals surface area (Å²) in [5.41, 5.74) is 0.0717. The molecule has 0 fully saturated rings. The summed E-state index contributed by atoms with van der Waals surface area (Å²) in [5, 5.41) is 1.00. The third-order valence-electron chi connectivity index (χ3n) is 7.10. The molecule has 0 saturated carbocycles. The number of rotatable bonds is 25. The van der Waals surface area contributed by atoms with E-state index >= 15 is 0 Å². The van der Waals surface area contributed by atoms with Crippen LogP contribution in [0.15, 0.2) is 0 Å². The van der Waals surface area contributed by atoms with Crippen LogP contribution in [0.3, 0.4) is 0 Å². The summed E-state index contributed by atoms with van der Waals surface area (Å²) < 4.78 is 35.0. The van der Waals surface area contributed by atoms with Crippen molar-refractivity contribution in [2.24, 2.45) is 5.41 Å². The summed E-state index contributed by atoms with van der Waals surface area (Å²) in [5.74, 6) is 0. The topological polar surface area (TPSA) is 73.8 Å². The summed E-state index contributed by atoms with van der Waals surface area (Å²) in [4.78, 5) is 0. The van der Waals surface area contributed by atoms with Crippen molar-refractivity contribution in [3.63, 3.8) is 0 Å². The number of unbranched alkanes of at least 4 members (excludes halogenated alkanes) is 17. The van der Waals surface area contributed by atoms with E-state index < -0.39 is 15.5 Å². The predicted octanol–water partition coefficient (Wildman–Crippen LogP) is 7.68. The lowest BCUT2D eigenvalue weighted by atomic mass is 9.86. The first-order chi connectivity index (χ1) is 15.7. The summed E-state index contributed by atoms with van der Waals surface area (Å²) >= 11 is 0. The van der Waals surface area contributed by atoms with Gasteiger partial charge in [-0.1, -0.05) is 143 Å². The molecule has 0 amide bonds. The van der Waals surface area contributed by atoms with Crippen LogP contribution in [0, 0.1) is 5.41 Å². The second kappa shape index (κ2) is 21.2. The van der Waals surface area contributed by atoms with Gasteiger partial charge in [-0.25, -0.2) is 8.42 Å². The Hall–Kier alpha value is -0.130. The minimum atomic E-state index is -4.24. The first kappa shape index (κ1) is 32.9. The van der Waals surface area contributed by atoms with E-state index in [-0.39, 0.29) is 5.41 Å². The van der Waals surface area contributed by atoms with Crippen LogP contribution in [0.2, 0.25) is 0 Å². The molecule has 0 aromatic rings. The molecule has 200 valence electrons. The normalized spacial score (nSPS) is 13.5. The molecule has 0 saturated heterocycles. The number of quaternary nitrogens is 1. The zero-order valence-electron chi connectivity index (χ0n) is 22.8. The Morgan fingerprint density at radius 2 is 1.00 bits per heavy atom. The van der Waals surface area contributed by atoms with Crippen molar-refractivity contribution in [2.45, 2.75) is 168 Å². The van der Waals surface area contributed by atoms with Crippen LogP contribution in [-0.2, 0) is 10.1 Å². The standard InChI is InChI=1S/C28H59NO3S/c1-5-7-9-11-12-13-14-15-16-17-18-19-21-23-25-28(3,4)26-29-27(33(30,31)32)24-22-20-10-8-6-2/h27,29H,5-26H2,1-4H3,(H,30,31,32). The van der Waals surface area contributed by atoms with Crippen molar-refractivity contribution in [1.82, 2.24) is 0 Å². The average molecular weight is 490 g/mol. The Balaban J connectivity index is 3.78. The first-order valence-corrected chi connectivity index (χ1v) is 16.0. The average Bonchev–Trinajstić information content (AvgIpc) is 2.75. The van der Waals surface area contributed by atoms with E-state index in [2.05, 4.69) is 27.7 Å². The third-order valence-corrected chi connectivity index (χ3v) is 8.27. The molecule has 0 aliphatic rings. The van der Waals surface area contributed by atoms with Crippen LogP contribution >= 0.6 is 0 Å². The number of nitrogens with two attached hydrogens (primary N) is 1. The SMILES string of the molecule is CCCCCCCCCCCCCCCCC(C)(C)C[NH2+]C(CCCCCCC)S(=O)(=O)[O-]. The molecule has 1 unspecified atom stereocenters. The molecule has 5 heteroatoms. The molecule has 2 N–H and O–H groups in total.